The van der Waals surface area contributed by atoms with Crippen LogP contribution in [0.15, 0.2) is 36.8 Å². The third kappa shape index (κ3) is 3.62. The predicted molar refractivity (Wildman–Crippen MR) is 120 cm³/mol. The van der Waals surface area contributed by atoms with Gasteiger partial charge in [-0.05, 0) is 37.7 Å². The van der Waals surface area contributed by atoms with Gasteiger partial charge in [-0.3, -0.25) is 4.79 Å². The van der Waals surface area contributed by atoms with Crippen LogP contribution < -0.4 is 5.73 Å². The van der Waals surface area contributed by atoms with Crippen molar-refractivity contribution in [3.63, 3.8) is 0 Å². The Bertz CT molecular complexity index is 1210. The highest BCUT2D eigenvalue weighted by molar-refractivity contribution is 5.96. The van der Waals surface area contributed by atoms with Crippen molar-refractivity contribution in [2.24, 2.45) is 5.41 Å². The number of nitrogens with two attached hydrogens (primary N) is 1. The maximum atomic E-state index is 15.1. The second kappa shape index (κ2) is 7.84. The Morgan fingerprint density at radius 3 is 2.33 bits per heavy atom. The summed E-state index contributed by atoms with van der Waals surface area (Å²) in [5.74, 6) is -2.06. The number of halogens is 2. The largest absolute Gasteiger partial charge is 0.384 e. The fourth-order valence-corrected chi connectivity index (χ4v) is 5.04. The molecule has 0 radical (unpaired) electrons. The second-order valence-electron chi connectivity index (χ2n) is 9.02. The molecule has 1 spiro atoms. The van der Waals surface area contributed by atoms with E-state index in [2.05, 4.69) is 19.9 Å². The van der Waals surface area contributed by atoms with Crippen LogP contribution in [-0.4, -0.2) is 63.9 Å². The van der Waals surface area contributed by atoms with Crippen LogP contribution in [0.3, 0.4) is 0 Å². The minimum Gasteiger partial charge on any atom is -0.384 e. The van der Waals surface area contributed by atoms with Crippen molar-refractivity contribution in [1.82, 2.24) is 24.8 Å². The number of hydrogen-bond donors (Lipinski definition) is 1. The van der Waals surface area contributed by atoms with Crippen LogP contribution in [0.2, 0.25) is 0 Å². The highest BCUT2D eigenvalue weighted by Crippen LogP contribution is 2.40. The number of nitrogen functional groups attached to an aromatic ring is 1. The van der Waals surface area contributed by atoms with Gasteiger partial charge < -0.3 is 15.5 Å². The van der Waals surface area contributed by atoms with E-state index in [0.29, 0.717) is 47.8 Å². The van der Waals surface area contributed by atoms with Gasteiger partial charge >= 0.3 is 0 Å². The van der Waals surface area contributed by atoms with Crippen LogP contribution in [-0.2, 0) is 6.42 Å². The molecule has 3 aromatic rings. The molecule has 2 aliphatic rings. The van der Waals surface area contributed by atoms with Gasteiger partial charge in [-0.25, -0.2) is 23.7 Å². The SMILES string of the molecule is CCc1ncnc(-c2cc(F)c(C(=O)N3CC4(CN(C)C4)C3)c(F)c2)c1-c1ccc(N)nc1. The number of anilines is 1. The molecular formula is C24H24F2N6O. The zero-order valence-corrected chi connectivity index (χ0v) is 18.5. The summed E-state index contributed by atoms with van der Waals surface area (Å²) in [5.41, 5.74) is 7.88. The zero-order chi connectivity index (χ0) is 23.3. The number of pyridine rings is 1. The van der Waals surface area contributed by atoms with Crippen molar-refractivity contribution in [1.29, 1.82) is 0 Å². The lowest BCUT2D eigenvalue weighted by Crippen LogP contribution is -2.72. The van der Waals surface area contributed by atoms with Gasteiger partial charge in [0.15, 0.2) is 0 Å². The molecule has 2 fully saturated rings. The first-order chi connectivity index (χ1) is 15.8. The summed E-state index contributed by atoms with van der Waals surface area (Å²) in [7, 11) is 2.01. The molecule has 1 aromatic carbocycles. The molecule has 33 heavy (non-hydrogen) atoms. The van der Waals surface area contributed by atoms with Crippen molar-refractivity contribution in [3.05, 3.63) is 59.7 Å². The van der Waals surface area contributed by atoms with E-state index in [-0.39, 0.29) is 11.0 Å². The van der Waals surface area contributed by atoms with Crippen LogP contribution in [0.1, 0.15) is 23.0 Å². The van der Waals surface area contributed by atoms with Gasteiger partial charge in [-0.1, -0.05) is 6.92 Å². The van der Waals surface area contributed by atoms with Gasteiger partial charge in [0.25, 0.3) is 5.91 Å². The summed E-state index contributed by atoms with van der Waals surface area (Å²) < 4.78 is 30.2. The minimum atomic E-state index is -0.903. The van der Waals surface area contributed by atoms with E-state index in [1.807, 2.05) is 14.0 Å². The first-order valence-electron chi connectivity index (χ1n) is 10.8. The average Bonchev–Trinajstić information content (AvgIpc) is 2.74. The molecule has 2 saturated heterocycles. The van der Waals surface area contributed by atoms with Crippen LogP contribution in [0.5, 0.6) is 0 Å². The zero-order valence-electron chi connectivity index (χ0n) is 18.5. The highest BCUT2D eigenvalue weighted by Gasteiger charge is 2.52. The van der Waals surface area contributed by atoms with Gasteiger partial charge in [-0.15, -0.1) is 0 Å². The van der Waals surface area contributed by atoms with Crippen LogP contribution in [0, 0.1) is 17.0 Å². The van der Waals surface area contributed by atoms with Gasteiger partial charge in [-0.2, -0.15) is 0 Å². The molecule has 2 aliphatic heterocycles. The number of hydrogen-bond acceptors (Lipinski definition) is 6. The number of aryl methyl sites for hydroxylation is 1. The van der Waals surface area contributed by atoms with Crippen LogP contribution in [0.4, 0.5) is 14.6 Å². The molecule has 1 amide bonds. The van der Waals surface area contributed by atoms with Crippen LogP contribution >= 0.6 is 0 Å². The lowest BCUT2D eigenvalue weighted by Gasteiger charge is -2.59. The molecule has 4 heterocycles. The van der Waals surface area contributed by atoms with Gasteiger partial charge in [0.2, 0.25) is 0 Å². The Labute approximate surface area is 190 Å². The first kappa shape index (κ1) is 21.4. The van der Waals surface area contributed by atoms with E-state index in [9.17, 15) is 4.79 Å². The standard InChI is InChI=1S/C24H24F2N6O/c1-3-18-20(14-4-5-19(27)28-8-14)22(30-13-29-18)15-6-16(25)21(17(26)7-15)23(33)32-11-24(12-32)9-31(2)10-24/h4-8,13H,3,9-12H2,1-2H3,(H2,27,28). The smallest absolute Gasteiger partial charge is 0.259 e. The molecule has 2 N–H and O–H groups in total. The molecule has 0 saturated carbocycles. The molecular weight excluding hydrogens is 426 g/mol. The van der Waals surface area contributed by atoms with E-state index in [4.69, 9.17) is 5.73 Å². The molecule has 0 aliphatic carbocycles. The number of benzene rings is 1. The van der Waals surface area contributed by atoms with Crippen molar-refractivity contribution < 1.29 is 13.6 Å². The lowest BCUT2D eigenvalue weighted by molar-refractivity contribution is -0.0874. The van der Waals surface area contributed by atoms with E-state index in [0.717, 1.165) is 13.1 Å². The van der Waals surface area contributed by atoms with E-state index in [1.165, 1.54) is 23.4 Å². The van der Waals surface area contributed by atoms with Gasteiger partial charge in [0.05, 0.1) is 11.4 Å². The van der Waals surface area contributed by atoms with Gasteiger partial charge in [0, 0.05) is 54.5 Å². The maximum Gasteiger partial charge on any atom is 0.259 e. The summed E-state index contributed by atoms with van der Waals surface area (Å²) in [6.07, 6.45) is 3.54. The fraction of sp³-hybridized carbons (Fsp3) is 0.333. The van der Waals surface area contributed by atoms with Gasteiger partial charge in [0.1, 0.15) is 29.3 Å². The molecule has 0 bridgehead atoms. The molecule has 9 heteroatoms. The van der Waals surface area contributed by atoms with E-state index < -0.39 is 23.1 Å². The van der Waals surface area contributed by atoms with E-state index >= 15 is 8.78 Å². The lowest BCUT2D eigenvalue weighted by atomic mass is 9.73. The molecule has 5 rings (SSSR count). The molecule has 0 atom stereocenters. The second-order valence-corrected chi connectivity index (χ2v) is 9.02. The third-order valence-corrected chi connectivity index (χ3v) is 6.42. The van der Waals surface area contributed by atoms with Crippen molar-refractivity contribution in [2.75, 3.05) is 39.0 Å². The normalized spacial score (nSPS) is 17.0. The summed E-state index contributed by atoms with van der Waals surface area (Å²) in [4.78, 5) is 29.3. The monoisotopic (exact) mass is 450 g/mol. The third-order valence-electron chi connectivity index (χ3n) is 6.42. The maximum absolute atomic E-state index is 15.1. The van der Waals surface area contributed by atoms with E-state index in [1.54, 1.807) is 18.3 Å². The number of likely N-dealkylation sites (tertiary alicyclic amines) is 2. The Balaban J connectivity index is 1.50. The number of rotatable bonds is 4. The summed E-state index contributed by atoms with van der Waals surface area (Å²) >= 11 is 0. The summed E-state index contributed by atoms with van der Waals surface area (Å²) in [6, 6.07) is 5.75. The molecule has 170 valence electrons. The number of nitrogens with zero attached hydrogens (tertiary/aromatic N) is 5. The predicted octanol–water partition coefficient (Wildman–Crippen LogP) is 3.02. The quantitative estimate of drug-likeness (QED) is 0.658. The first-order valence-corrected chi connectivity index (χ1v) is 10.8. The average molecular weight is 450 g/mol. The Kier molecular flexibility index (Phi) is 5.08. The van der Waals surface area contributed by atoms with Crippen molar-refractivity contribution >= 4 is 11.7 Å². The molecule has 2 aromatic heterocycles. The number of aromatic nitrogens is 3. The summed E-state index contributed by atoms with van der Waals surface area (Å²) in [6.45, 7) is 4.78. The highest BCUT2D eigenvalue weighted by atomic mass is 19.1. The molecule has 0 unspecified atom stereocenters. The number of amides is 1. The van der Waals surface area contributed by atoms with Crippen molar-refractivity contribution in [3.8, 4) is 22.4 Å². The Morgan fingerprint density at radius 1 is 1.06 bits per heavy atom. The summed E-state index contributed by atoms with van der Waals surface area (Å²) in [5, 5.41) is 0. The van der Waals surface area contributed by atoms with Crippen molar-refractivity contribution in [2.45, 2.75) is 13.3 Å². The Hall–Kier alpha value is -3.46. The Morgan fingerprint density at radius 2 is 1.76 bits per heavy atom. The minimum absolute atomic E-state index is 0.0802. The van der Waals surface area contributed by atoms with Crippen LogP contribution in [0.25, 0.3) is 22.4 Å². The number of carbonyl (C=O) groups excluding carboxylic acids is 1. The number of carbonyl (C=O) groups is 1. The fourth-order valence-electron chi connectivity index (χ4n) is 5.04. The topological polar surface area (TPSA) is 88.2 Å². The molecule has 7 nitrogen and oxygen atoms in total.